The molecule has 1 aromatic rings. The van der Waals surface area contributed by atoms with Crippen molar-refractivity contribution < 1.29 is 22.7 Å². The maximum Gasteiger partial charge on any atom is 0.417 e. The predicted molar refractivity (Wildman–Crippen MR) is 85.5 cm³/mol. The summed E-state index contributed by atoms with van der Waals surface area (Å²) in [6, 6.07) is 0.482. The SMILES string of the molecule is CC(N)CC(=O)NCCOc1ncc(C(F)(F)F)cc1Cl.Cl.Cl. The largest absolute Gasteiger partial charge is 0.475 e. The minimum absolute atomic E-state index is 0. The molecule has 0 aromatic carbocycles. The van der Waals surface area contributed by atoms with E-state index in [1.54, 1.807) is 6.92 Å². The van der Waals surface area contributed by atoms with Gasteiger partial charge in [0, 0.05) is 18.7 Å². The third-order valence-corrected chi connectivity index (χ3v) is 2.58. The molecule has 0 fully saturated rings. The van der Waals surface area contributed by atoms with Crippen LogP contribution in [0.5, 0.6) is 5.88 Å². The maximum absolute atomic E-state index is 12.4. The highest BCUT2D eigenvalue weighted by Gasteiger charge is 2.31. The van der Waals surface area contributed by atoms with Crippen LogP contribution in [0.25, 0.3) is 0 Å². The molecule has 0 spiro atoms. The van der Waals surface area contributed by atoms with Crippen LogP contribution in [0.15, 0.2) is 12.3 Å². The highest BCUT2D eigenvalue weighted by molar-refractivity contribution is 6.31. The molecule has 0 aliphatic carbocycles. The molecule has 1 heterocycles. The number of alkyl halides is 3. The Labute approximate surface area is 148 Å². The highest BCUT2D eigenvalue weighted by atomic mass is 35.5. The number of hydrogen-bond acceptors (Lipinski definition) is 4. The van der Waals surface area contributed by atoms with Gasteiger partial charge >= 0.3 is 6.18 Å². The molecule has 0 aliphatic heterocycles. The van der Waals surface area contributed by atoms with Crippen molar-refractivity contribution in [3.05, 3.63) is 22.8 Å². The van der Waals surface area contributed by atoms with Gasteiger partial charge in [-0.3, -0.25) is 4.79 Å². The van der Waals surface area contributed by atoms with Gasteiger partial charge in [-0.25, -0.2) is 4.98 Å². The fourth-order valence-corrected chi connectivity index (χ4v) is 1.61. The van der Waals surface area contributed by atoms with Crippen molar-refractivity contribution >= 4 is 42.3 Å². The van der Waals surface area contributed by atoms with Crippen LogP contribution >= 0.6 is 36.4 Å². The fraction of sp³-hybridized carbons (Fsp3) is 0.500. The van der Waals surface area contributed by atoms with Crippen LogP contribution in [0.2, 0.25) is 5.02 Å². The molecule has 0 saturated heterocycles. The summed E-state index contributed by atoms with van der Waals surface area (Å²) in [7, 11) is 0. The third-order valence-electron chi connectivity index (χ3n) is 2.31. The van der Waals surface area contributed by atoms with E-state index in [0.717, 1.165) is 6.07 Å². The number of nitrogens with two attached hydrogens (primary N) is 1. The number of nitrogens with one attached hydrogen (secondary N) is 1. The zero-order chi connectivity index (χ0) is 16.0. The lowest BCUT2D eigenvalue weighted by molar-refractivity contribution is -0.137. The summed E-state index contributed by atoms with van der Waals surface area (Å²) >= 11 is 5.65. The summed E-state index contributed by atoms with van der Waals surface area (Å²) in [5.74, 6) is -0.355. The van der Waals surface area contributed by atoms with Crippen LogP contribution in [0.3, 0.4) is 0 Å². The number of halogens is 6. The summed E-state index contributed by atoms with van der Waals surface area (Å²) in [4.78, 5) is 14.8. The van der Waals surface area contributed by atoms with E-state index in [-0.39, 0.29) is 67.2 Å². The number of carbonyl (C=O) groups excluding carboxylic acids is 1. The van der Waals surface area contributed by atoms with Gasteiger partial charge in [-0.05, 0) is 13.0 Å². The number of amides is 1. The minimum atomic E-state index is -4.51. The third kappa shape index (κ3) is 9.04. The first kappa shape index (κ1) is 24.3. The Kier molecular flexibility index (Phi) is 11.4. The topological polar surface area (TPSA) is 77.2 Å². The number of rotatable bonds is 6. The molecule has 1 amide bonds. The molecule has 0 saturated carbocycles. The number of hydrogen-bond donors (Lipinski definition) is 2. The Hall–Kier alpha value is -0.960. The molecule has 11 heteroatoms. The first-order chi connectivity index (χ1) is 9.70. The van der Waals surface area contributed by atoms with Crippen molar-refractivity contribution in [2.75, 3.05) is 13.2 Å². The van der Waals surface area contributed by atoms with E-state index in [9.17, 15) is 18.0 Å². The van der Waals surface area contributed by atoms with Crippen molar-refractivity contribution in [2.45, 2.75) is 25.6 Å². The maximum atomic E-state index is 12.4. The van der Waals surface area contributed by atoms with E-state index in [2.05, 4.69) is 10.3 Å². The van der Waals surface area contributed by atoms with Crippen LogP contribution in [0.4, 0.5) is 13.2 Å². The van der Waals surface area contributed by atoms with Crippen molar-refractivity contribution in [1.29, 1.82) is 0 Å². The normalized spacial score (nSPS) is 11.7. The average Bonchev–Trinajstić information content (AvgIpc) is 2.34. The summed E-state index contributed by atoms with van der Waals surface area (Å²) < 4.78 is 42.3. The van der Waals surface area contributed by atoms with Crippen LogP contribution in [0.1, 0.15) is 18.9 Å². The summed E-state index contributed by atoms with van der Waals surface area (Å²) in [6.07, 6.45) is -3.70. The quantitative estimate of drug-likeness (QED) is 0.723. The first-order valence-electron chi connectivity index (χ1n) is 6.08. The smallest absolute Gasteiger partial charge is 0.417 e. The molecular weight excluding hydrogens is 382 g/mol. The van der Waals surface area contributed by atoms with Gasteiger partial charge in [0.15, 0.2) is 0 Å². The van der Waals surface area contributed by atoms with Crippen molar-refractivity contribution in [3.8, 4) is 5.88 Å². The average molecular weight is 399 g/mol. The Morgan fingerprint density at radius 3 is 2.57 bits per heavy atom. The number of pyridine rings is 1. The van der Waals surface area contributed by atoms with Crippen molar-refractivity contribution in [3.63, 3.8) is 0 Å². The second-order valence-electron chi connectivity index (χ2n) is 4.39. The van der Waals surface area contributed by atoms with Gasteiger partial charge in [-0.2, -0.15) is 13.2 Å². The number of nitrogens with zero attached hydrogens (tertiary/aromatic N) is 1. The second kappa shape index (κ2) is 10.7. The van der Waals surface area contributed by atoms with Crippen LogP contribution in [-0.4, -0.2) is 30.1 Å². The number of aromatic nitrogens is 1. The van der Waals surface area contributed by atoms with E-state index in [1.165, 1.54) is 0 Å². The van der Waals surface area contributed by atoms with E-state index < -0.39 is 11.7 Å². The summed E-state index contributed by atoms with van der Waals surface area (Å²) in [5.41, 5.74) is 4.49. The monoisotopic (exact) mass is 397 g/mol. The Morgan fingerprint density at radius 1 is 1.48 bits per heavy atom. The Bertz CT molecular complexity index is 502. The van der Waals surface area contributed by atoms with Gasteiger partial charge < -0.3 is 15.8 Å². The highest BCUT2D eigenvalue weighted by Crippen LogP contribution is 2.32. The lowest BCUT2D eigenvalue weighted by atomic mass is 10.2. The molecule has 1 unspecified atom stereocenters. The van der Waals surface area contributed by atoms with Gasteiger partial charge in [0.2, 0.25) is 11.8 Å². The van der Waals surface area contributed by atoms with Gasteiger partial charge in [0.05, 0.1) is 12.1 Å². The summed E-state index contributed by atoms with van der Waals surface area (Å²) in [5, 5.41) is 2.30. The molecule has 0 radical (unpaired) electrons. The van der Waals surface area contributed by atoms with E-state index >= 15 is 0 Å². The van der Waals surface area contributed by atoms with Gasteiger partial charge in [0.1, 0.15) is 11.6 Å². The van der Waals surface area contributed by atoms with E-state index in [1.807, 2.05) is 0 Å². The summed E-state index contributed by atoms with van der Waals surface area (Å²) in [6.45, 7) is 1.90. The van der Waals surface area contributed by atoms with Crippen molar-refractivity contribution in [1.82, 2.24) is 10.3 Å². The van der Waals surface area contributed by atoms with Crippen LogP contribution in [-0.2, 0) is 11.0 Å². The van der Waals surface area contributed by atoms with Crippen LogP contribution in [0, 0.1) is 0 Å². The first-order valence-corrected chi connectivity index (χ1v) is 6.45. The van der Waals surface area contributed by atoms with E-state index in [4.69, 9.17) is 22.1 Å². The minimum Gasteiger partial charge on any atom is -0.475 e. The molecule has 3 N–H and O–H groups in total. The molecule has 1 aromatic heterocycles. The Morgan fingerprint density at radius 2 is 2.09 bits per heavy atom. The van der Waals surface area contributed by atoms with Gasteiger partial charge in [-0.15, -0.1) is 24.8 Å². The molecule has 5 nitrogen and oxygen atoms in total. The molecule has 0 bridgehead atoms. The zero-order valence-corrected chi connectivity index (χ0v) is 14.4. The molecule has 1 rings (SSSR count). The Balaban J connectivity index is 0. The van der Waals surface area contributed by atoms with Crippen LogP contribution < -0.4 is 15.8 Å². The van der Waals surface area contributed by atoms with Gasteiger partial charge in [0.25, 0.3) is 0 Å². The van der Waals surface area contributed by atoms with Gasteiger partial charge in [-0.1, -0.05) is 11.6 Å². The molecule has 0 aliphatic rings. The predicted octanol–water partition coefficient (Wildman–Crippen LogP) is 2.83. The van der Waals surface area contributed by atoms with E-state index in [0.29, 0.717) is 6.20 Å². The lowest BCUT2D eigenvalue weighted by Crippen LogP contribution is -2.32. The molecular formula is C12H17Cl3F3N3O2. The standard InChI is InChI=1S/C12H15ClF3N3O2.2ClH/c1-7(17)4-10(20)18-2-3-21-11-9(13)5-8(6-19-11)12(14,15)16;;/h5-7H,2-4,17H2,1H3,(H,18,20);2*1H. The lowest BCUT2D eigenvalue weighted by Gasteiger charge is -2.11. The number of ether oxygens (including phenoxy) is 1. The number of carbonyl (C=O) groups is 1. The second-order valence-corrected chi connectivity index (χ2v) is 4.80. The van der Waals surface area contributed by atoms with Crippen molar-refractivity contribution in [2.24, 2.45) is 5.73 Å². The fourth-order valence-electron chi connectivity index (χ4n) is 1.39. The molecule has 134 valence electrons. The molecule has 1 atom stereocenters. The zero-order valence-electron chi connectivity index (χ0n) is 12.0. The molecule has 23 heavy (non-hydrogen) atoms.